The van der Waals surface area contributed by atoms with E-state index in [2.05, 4.69) is 17.1 Å². The van der Waals surface area contributed by atoms with E-state index in [1.807, 2.05) is 29.2 Å². The molecule has 1 aliphatic carbocycles. The first-order valence-electron chi connectivity index (χ1n) is 9.93. The fraction of sp³-hybridized carbons (Fsp3) is 0.571. The number of aryl methyl sites for hydroxylation is 1. The van der Waals surface area contributed by atoms with Crippen LogP contribution < -0.4 is 0 Å². The van der Waals surface area contributed by atoms with Gasteiger partial charge in [-0.3, -0.25) is 4.79 Å². The second-order valence-electron chi connectivity index (χ2n) is 7.70. The molecule has 2 aliphatic rings. The van der Waals surface area contributed by atoms with Gasteiger partial charge in [-0.15, -0.1) is 0 Å². The van der Waals surface area contributed by atoms with Gasteiger partial charge < -0.3 is 9.42 Å². The third-order valence-corrected chi connectivity index (χ3v) is 5.78. The average molecular weight is 353 g/mol. The molecule has 1 unspecified atom stereocenters. The summed E-state index contributed by atoms with van der Waals surface area (Å²) in [4.78, 5) is 19.7. The molecule has 0 spiro atoms. The van der Waals surface area contributed by atoms with Crippen molar-refractivity contribution >= 4 is 5.91 Å². The van der Waals surface area contributed by atoms with Crippen LogP contribution in [-0.4, -0.2) is 27.5 Å². The van der Waals surface area contributed by atoms with Gasteiger partial charge >= 0.3 is 0 Å². The quantitative estimate of drug-likeness (QED) is 0.804. The summed E-state index contributed by atoms with van der Waals surface area (Å²) in [5, 5.41) is 4.17. The molecule has 1 amide bonds. The lowest BCUT2D eigenvalue weighted by Crippen LogP contribution is -2.42. The molecule has 138 valence electrons. The van der Waals surface area contributed by atoms with Crippen LogP contribution in [0.1, 0.15) is 68.9 Å². The summed E-state index contributed by atoms with van der Waals surface area (Å²) in [6.45, 7) is 2.87. The van der Waals surface area contributed by atoms with Crippen molar-refractivity contribution in [2.45, 2.75) is 64.3 Å². The van der Waals surface area contributed by atoms with Crippen LogP contribution in [0.5, 0.6) is 0 Å². The van der Waals surface area contributed by atoms with E-state index >= 15 is 0 Å². The van der Waals surface area contributed by atoms with E-state index in [9.17, 15) is 4.79 Å². The van der Waals surface area contributed by atoms with Gasteiger partial charge in [-0.1, -0.05) is 54.2 Å². The van der Waals surface area contributed by atoms with Crippen molar-refractivity contribution in [3.8, 4) is 11.4 Å². The Morgan fingerprint density at radius 1 is 1.04 bits per heavy atom. The van der Waals surface area contributed by atoms with Crippen LogP contribution >= 0.6 is 0 Å². The lowest BCUT2D eigenvalue weighted by Gasteiger charge is -2.36. The first-order valence-corrected chi connectivity index (χ1v) is 9.93. The molecule has 2 fully saturated rings. The number of piperidine rings is 1. The zero-order valence-corrected chi connectivity index (χ0v) is 15.5. The Kier molecular flexibility index (Phi) is 5.05. The van der Waals surface area contributed by atoms with Crippen molar-refractivity contribution in [2.75, 3.05) is 6.54 Å². The normalized spacial score (nSPS) is 21.7. The maximum atomic E-state index is 13.1. The van der Waals surface area contributed by atoms with Crippen molar-refractivity contribution < 1.29 is 9.32 Å². The van der Waals surface area contributed by atoms with Gasteiger partial charge in [0.25, 0.3) is 0 Å². The van der Waals surface area contributed by atoms with Gasteiger partial charge in [0.05, 0.1) is 0 Å². The number of hydrogen-bond acceptors (Lipinski definition) is 4. The first-order chi connectivity index (χ1) is 12.7. The molecule has 1 atom stereocenters. The lowest BCUT2D eigenvalue weighted by molar-refractivity contribution is -0.141. The van der Waals surface area contributed by atoms with Crippen LogP contribution in [0.25, 0.3) is 11.4 Å². The van der Waals surface area contributed by atoms with Gasteiger partial charge in [0.2, 0.25) is 17.6 Å². The fourth-order valence-electron chi connectivity index (χ4n) is 4.23. The molecule has 5 heteroatoms. The van der Waals surface area contributed by atoms with Gasteiger partial charge in [-0.2, -0.15) is 4.98 Å². The standard InChI is InChI=1S/C21H27N3O2/c1-15-10-12-16(13-11-15)19-22-20(26-23-19)18-9-5-6-14-24(18)21(25)17-7-3-2-4-8-17/h10-13,17-18H,2-9,14H2,1H3. The highest BCUT2D eigenvalue weighted by atomic mass is 16.5. The summed E-state index contributed by atoms with van der Waals surface area (Å²) < 4.78 is 5.60. The van der Waals surface area contributed by atoms with Crippen molar-refractivity contribution in [3.63, 3.8) is 0 Å². The summed E-state index contributed by atoms with van der Waals surface area (Å²) in [7, 11) is 0. The molecule has 2 heterocycles. The zero-order chi connectivity index (χ0) is 17.9. The zero-order valence-electron chi connectivity index (χ0n) is 15.5. The highest BCUT2D eigenvalue weighted by Crippen LogP contribution is 2.35. The third-order valence-electron chi connectivity index (χ3n) is 5.78. The molecule has 1 aliphatic heterocycles. The summed E-state index contributed by atoms with van der Waals surface area (Å²) in [5.41, 5.74) is 2.15. The molecular formula is C21H27N3O2. The van der Waals surface area contributed by atoms with Gasteiger partial charge in [0, 0.05) is 18.0 Å². The van der Waals surface area contributed by atoms with E-state index in [1.165, 1.54) is 24.8 Å². The first kappa shape index (κ1) is 17.3. The predicted octanol–water partition coefficient (Wildman–Crippen LogP) is 4.68. The maximum Gasteiger partial charge on any atom is 0.249 e. The maximum absolute atomic E-state index is 13.1. The third kappa shape index (κ3) is 3.53. The Bertz CT molecular complexity index is 747. The van der Waals surface area contributed by atoms with Gasteiger partial charge in [-0.25, -0.2) is 0 Å². The molecular weight excluding hydrogens is 326 g/mol. The minimum Gasteiger partial charge on any atom is -0.337 e. The topological polar surface area (TPSA) is 59.2 Å². The Balaban J connectivity index is 1.54. The van der Waals surface area contributed by atoms with Crippen LogP contribution in [0.2, 0.25) is 0 Å². The number of likely N-dealkylation sites (tertiary alicyclic amines) is 1. The number of hydrogen-bond donors (Lipinski definition) is 0. The molecule has 1 aromatic heterocycles. The molecule has 1 aromatic carbocycles. The van der Waals surface area contributed by atoms with Crippen molar-refractivity contribution in [1.82, 2.24) is 15.0 Å². The minimum absolute atomic E-state index is 0.0649. The molecule has 4 rings (SSSR count). The largest absolute Gasteiger partial charge is 0.337 e. The van der Waals surface area contributed by atoms with Crippen molar-refractivity contribution in [3.05, 3.63) is 35.7 Å². The lowest BCUT2D eigenvalue weighted by atomic mass is 9.87. The van der Waals surface area contributed by atoms with E-state index in [0.717, 1.165) is 44.2 Å². The van der Waals surface area contributed by atoms with Crippen LogP contribution in [-0.2, 0) is 4.79 Å². The predicted molar refractivity (Wildman–Crippen MR) is 99.4 cm³/mol. The Labute approximate surface area is 154 Å². The van der Waals surface area contributed by atoms with Crippen LogP contribution in [0.4, 0.5) is 0 Å². The fourth-order valence-corrected chi connectivity index (χ4v) is 4.23. The summed E-state index contributed by atoms with van der Waals surface area (Å²) in [5.74, 6) is 1.67. The Morgan fingerprint density at radius 2 is 1.77 bits per heavy atom. The Morgan fingerprint density at radius 3 is 2.54 bits per heavy atom. The number of benzene rings is 1. The smallest absolute Gasteiger partial charge is 0.249 e. The second-order valence-corrected chi connectivity index (χ2v) is 7.70. The molecule has 0 bridgehead atoms. The van der Waals surface area contributed by atoms with E-state index in [4.69, 9.17) is 4.52 Å². The molecule has 0 radical (unpaired) electrons. The van der Waals surface area contributed by atoms with E-state index in [1.54, 1.807) is 0 Å². The van der Waals surface area contributed by atoms with E-state index < -0.39 is 0 Å². The molecule has 26 heavy (non-hydrogen) atoms. The highest BCUT2D eigenvalue weighted by molar-refractivity contribution is 5.79. The average Bonchev–Trinajstić information content (AvgIpc) is 3.19. The van der Waals surface area contributed by atoms with Crippen LogP contribution in [0.3, 0.4) is 0 Å². The van der Waals surface area contributed by atoms with E-state index in [-0.39, 0.29) is 12.0 Å². The number of carbonyl (C=O) groups excluding carboxylic acids is 1. The van der Waals surface area contributed by atoms with Crippen LogP contribution in [0.15, 0.2) is 28.8 Å². The summed E-state index contributed by atoms with van der Waals surface area (Å²) in [6.07, 6.45) is 8.74. The number of rotatable bonds is 3. The van der Waals surface area contributed by atoms with Crippen molar-refractivity contribution in [2.24, 2.45) is 5.92 Å². The number of aromatic nitrogens is 2. The number of nitrogens with zero attached hydrogens (tertiary/aromatic N) is 3. The number of amides is 1. The second kappa shape index (κ2) is 7.60. The SMILES string of the molecule is Cc1ccc(-c2noc(C3CCCCN3C(=O)C3CCCCC3)n2)cc1. The van der Waals surface area contributed by atoms with Crippen LogP contribution in [0, 0.1) is 12.8 Å². The van der Waals surface area contributed by atoms with Crippen molar-refractivity contribution in [1.29, 1.82) is 0 Å². The molecule has 0 N–H and O–H groups in total. The molecule has 5 nitrogen and oxygen atoms in total. The molecule has 1 saturated carbocycles. The van der Waals surface area contributed by atoms with E-state index in [0.29, 0.717) is 17.6 Å². The minimum atomic E-state index is -0.0649. The number of carbonyl (C=O) groups is 1. The van der Waals surface area contributed by atoms with Gasteiger partial charge in [-0.05, 0) is 39.0 Å². The van der Waals surface area contributed by atoms with Gasteiger partial charge in [0.15, 0.2) is 0 Å². The Hall–Kier alpha value is -2.17. The summed E-state index contributed by atoms with van der Waals surface area (Å²) >= 11 is 0. The van der Waals surface area contributed by atoms with Gasteiger partial charge in [0.1, 0.15) is 6.04 Å². The highest BCUT2D eigenvalue weighted by Gasteiger charge is 2.35. The monoisotopic (exact) mass is 353 g/mol. The molecule has 1 saturated heterocycles. The molecule has 2 aromatic rings. The summed E-state index contributed by atoms with van der Waals surface area (Å²) in [6, 6.07) is 8.05.